The number of esters is 1. The maximum absolute atomic E-state index is 12.4. The average Bonchev–Trinajstić information content (AvgIpc) is 3.27. The van der Waals surface area contributed by atoms with E-state index in [1.54, 1.807) is 6.08 Å². The lowest BCUT2D eigenvalue weighted by Crippen LogP contribution is -2.45. The number of carbonyl (C=O) groups excluding carboxylic acids is 2. The zero-order chi connectivity index (χ0) is 45.1. The highest BCUT2D eigenvalue weighted by atomic mass is 16.5. The molecule has 0 bridgehead atoms. The molecule has 0 fully saturated rings. The van der Waals surface area contributed by atoms with Gasteiger partial charge in [0.2, 0.25) is 5.91 Å². The third-order valence-electron chi connectivity index (χ3n) is 11.8. The van der Waals surface area contributed by atoms with Crippen LogP contribution in [0.5, 0.6) is 0 Å². The summed E-state index contributed by atoms with van der Waals surface area (Å²) in [6.07, 6.45) is 65.1. The second-order valence-corrected chi connectivity index (χ2v) is 17.8. The van der Waals surface area contributed by atoms with Gasteiger partial charge in [-0.1, -0.05) is 203 Å². The van der Waals surface area contributed by atoms with Gasteiger partial charge in [-0.05, 0) is 103 Å². The first-order valence-electron chi connectivity index (χ1n) is 26.6. The van der Waals surface area contributed by atoms with Crippen LogP contribution in [0, 0.1) is 0 Å². The fourth-order valence-corrected chi connectivity index (χ4v) is 7.63. The number of aliphatic hydroxyl groups is 2. The SMILES string of the molecule is CCCCC/C=C\C/C=C\CCCCCCCC(=O)OCCCCC/C=C\C/C=C\CCCCCCCCCC(=O)NC(CO)C(O)/C=C/CCCCCCCCCCCCC. The molecule has 0 aliphatic rings. The van der Waals surface area contributed by atoms with Crippen molar-refractivity contribution in [3.8, 4) is 0 Å². The van der Waals surface area contributed by atoms with Crippen molar-refractivity contribution in [2.24, 2.45) is 0 Å². The predicted molar refractivity (Wildman–Crippen MR) is 268 cm³/mol. The van der Waals surface area contributed by atoms with Crippen molar-refractivity contribution in [2.45, 2.75) is 270 Å². The van der Waals surface area contributed by atoms with Gasteiger partial charge < -0.3 is 20.3 Å². The zero-order valence-electron chi connectivity index (χ0n) is 40.8. The van der Waals surface area contributed by atoms with Gasteiger partial charge in [0.15, 0.2) is 0 Å². The van der Waals surface area contributed by atoms with E-state index in [2.05, 4.69) is 67.8 Å². The summed E-state index contributed by atoms with van der Waals surface area (Å²) in [4.78, 5) is 24.4. The smallest absolute Gasteiger partial charge is 0.305 e. The molecule has 0 aromatic heterocycles. The van der Waals surface area contributed by atoms with Gasteiger partial charge in [-0.3, -0.25) is 9.59 Å². The first-order chi connectivity index (χ1) is 30.5. The minimum Gasteiger partial charge on any atom is -0.466 e. The Morgan fingerprint density at radius 3 is 1.26 bits per heavy atom. The topological polar surface area (TPSA) is 95.9 Å². The standard InChI is InChI=1S/C56H101NO5/c1-3-5-7-9-11-13-15-17-21-26-30-34-38-42-46-50-56(61)62-51-47-43-39-35-31-27-23-20-18-19-22-25-29-33-37-41-45-49-55(60)57-53(52-58)54(59)48-44-40-36-32-28-24-16-14-12-10-8-6-4-2/h11,13,17-18,20-21,27,31,44,48,53-54,58-59H,3-10,12,14-16,19,22-26,28-30,32-43,45-47,49-52H2,1-2H3,(H,57,60)/b13-11-,20-18-,21-17-,31-27-,48-44+. The number of nitrogens with one attached hydrogen (secondary N) is 1. The molecule has 0 aliphatic heterocycles. The Kier molecular flexibility index (Phi) is 49.2. The monoisotopic (exact) mass is 868 g/mol. The van der Waals surface area contributed by atoms with E-state index in [4.69, 9.17) is 4.74 Å². The van der Waals surface area contributed by atoms with Crippen molar-refractivity contribution in [1.82, 2.24) is 5.32 Å². The van der Waals surface area contributed by atoms with Crippen LogP contribution < -0.4 is 5.32 Å². The molecule has 6 nitrogen and oxygen atoms in total. The fourth-order valence-electron chi connectivity index (χ4n) is 7.63. The van der Waals surface area contributed by atoms with E-state index in [1.165, 1.54) is 135 Å². The third kappa shape index (κ3) is 47.0. The largest absolute Gasteiger partial charge is 0.466 e. The summed E-state index contributed by atoms with van der Waals surface area (Å²) in [5, 5.41) is 23.0. The number of aliphatic hydroxyl groups excluding tert-OH is 2. The van der Waals surface area contributed by atoms with Gasteiger partial charge in [-0.25, -0.2) is 0 Å². The van der Waals surface area contributed by atoms with Crippen LogP contribution in [0.2, 0.25) is 0 Å². The minimum atomic E-state index is -0.856. The number of amides is 1. The highest BCUT2D eigenvalue weighted by Gasteiger charge is 2.18. The van der Waals surface area contributed by atoms with Crippen molar-refractivity contribution in [1.29, 1.82) is 0 Å². The Balaban J connectivity index is 3.55. The predicted octanol–water partition coefficient (Wildman–Crippen LogP) is 16.0. The van der Waals surface area contributed by atoms with E-state index >= 15 is 0 Å². The lowest BCUT2D eigenvalue weighted by Gasteiger charge is -2.20. The molecule has 0 rings (SSSR count). The number of unbranched alkanes of at least 4 members (excludes halogenated alkanes) is 29. The van der Waals surface area contributed by atoms with Gasteiger partial charge in [0.25, 0.3) is 0 Å². The van der Waals surface area contributed by atoms with Gasteiger partial charge in [0.05, 0.1) is 25.4 Å². The Bertz CT molecular complexity index is 1090. The Morgan fingerprint density at radius 2 is 0.806 bits per heavy atom. The molecule has 0 spiro atoms. The Morgan fingerprint density at radius 1 is 0.452 bits per heavy atom. The maximum Gasteiger partial charge on any atom is 0.305 e. The van der Waals surface area contributed by atoms with Gasteiger partial charge >= 0.3 is 5.97 Å². The molecule has 2 atom stereocenters. The molecule has 0 radical (unpaired) electrons. The summed E-state index contributed by atoms with van der Waals surface area (Å²) >= 11 is 0. The second kappa shape index (κ2) is 51.2. The van der Waals surface area contributed by atoms with E-state index in [0.717, 1.165) is 96.3 Å². The molecular formula is C56H101NO5. The zero-order valence-corrected chi connectivity index (χ0v) is 40.8. The van der Waals surface area contributed by atoms with Crippen LogP contribution in [-0.4, -0.2) is 47.4 Å². The van der Waals surface area contributed by atoms with E-state index in [9.17, 15) is 19.8 Å². The number of carbonyl (C=O) groups is 2. The maximum atomic E-state index is 12.4. The number of hydrogen-bond donors (Lipinski definition) is 3. The highest BCUT2D eigenvalue weighted by molar-refractivity contribution is 5.76. The first-order valence-corrected chi connectivity index (χ1v) is 26.6. The van der Waals surface area contributed by atoms with Crippen molar-refractivity contribution in [3.05, 3.63) is 60.8 Å². The van der Waals surface area contributed by atoms with Crippen molar-refractivity contribution in [3.63, 3.8) is 0 Å². The molecule has 0 saturated heterocycles. The van der Waals surface area contributed by atoms with Crippen LogP contribution in [0.3, 0.4) is 0 Å². The summed E-state index contributed by atoms with van der Waals surface area (Å²) in [5.74, 6) is -0.118. The van der Waals surface area contributed by atoms with E-state index in [0.29, 0.717) is 19.4 Å². The third-order valence-corrected chi connectivity index (χ3v) is 11.8. The lowest BCUT2D eigenvalue weighted by atomic mass is 10.0. The number of allylic oxidation sites excluding steroid dienone is 9. The lowest BCUT2D eigenvalue weighted by molar-refractivity contribution is -0.143. The molecule has 3 N–H and O–H groups in total. The Hall–Kier alpha value is -2.44. The summed E-state index contributed by atoms with van der Waals surface area (Å²) < 4.78 is 5.44. The molecule has 0 saturated carbocycles. The molecule has 0 aromatic carbocycles. The average molecular weight is 868 g/mol. The van der Waals surface area contributed by atoms with Crippen LogP contribution in [0.15, 0.2) is 60.8 Å². The molecular weight excluding hydrogens is 767 g/mol. The molecule has 360 valence electrons. The van der Waals surface area contributed by atoms with Crippen LogP contribution in [0.25, 0.3) is 0 Å². The van der Waals surface area contributed by atoms with Crippen molar-refractivity contribution < 1.29 is 24.5 Å². The summed E-state index contributed by atoms with van der Waals surface area (Å²) in [6.45, 7) is 4.81. The highest BCUT2D eigenvalue weighted by Crippen LogP contribution is 2.14. The number of hydrogen-bond acceptors (Lipinski definition) is 5. The molecule has 6 heteroatoms. The van der Waals surface area contributed by atoms with Crippen LogP contribution >= 0.6 is 0 Å². The first kappa shape index (κ1) is 59.6. The van der Waals surface area contributed by atoms with Gasteiger partial charge in [-0.15, -0.1) is 0 Å². The number of rotatable bonds is 48. The minimum absolute atomic E-state index is 0.0316. The van der Waals surface area contributed by atoms with Crippen LogP contribution in [0.1, 0.15) is 258 Å². The van der Waals surface area contributed by atoms with Gasteiger partial charge in [0, 0.05) is 12.8 Å². The molecule has 0 heterocycles. The Labute approximate surface area is 384 Å². The summed E-state index contributed by atoms with van der Waals surface area (Å²) in [5.41, 5.74) is 0. The molecule has 62 heavy (non-hydrogen) atoms. The van der Waals surface area contributed by atoms with Crippen LogP contribution in [0.4, 0.5) is 0 Å². The summed E-state index contributed by atoms with van der Waals surface area (Å²) in [7, 11) is 0. The number of ether oxygens (including phenoxy) is 1. The van der Waals surface area contributed by atoms with E-state index < -0.39 is 12.1 Å². The molecule has 0 aromatic rings. The molecule has 2 unspecified atom stereocenters. The quantitative estimate of drug-likeness (QED) is 0.0322. The molecule has 1 amide bonds. The second-order valence-electron chi connectivity index (χ2n) is 17.8. The van der Waals surface area contributed by atoms with Gasteiger partial charge in [-0.2, -0.15) is 0 Å². The van der Waals surface area contributed by atoms with E-state index in [-0.39, 0.29) is 18.5 Å². The fraction of sp³-hybridized carbons (Fsp3) is 0.786. The summed E-state index contributed by atoms with van der Waals surface area (Å²) in [6, 6.07) is -0.641. The van der Waals surface area contributed by atoms with Gasteiger partial charge in [0.1, 0.15) is 0 Å². The van der Waals surface area contributed by atoms with Crippen LogP contribution in [-0.2, 0) is 14.3 Å². The van der Waals surface area contributed by atoms with Crippen molar-refractivity contribution >= 4 is 11.9 Å². The van der Waals surface area contributed by atoms with Crippen molar-refractivity contribution in [2.75, 3.05) is 13.2 Å². The van der Waals surface area contributed by atoms with E-state index in [1.807, 2.05) is 6.08 Å². The normalized spacial score (nSPS) is 13.2. The molecule has 0 aliphatic carbocycles.